The summed E-state index contributed by atoms with van der Waals surface area (Å²) in [6, 6.07) is 10.8. The maximum atomic E-state index is 5.38. The van der Waals surface area contributed by atoms with Crippen molar-refractivity contribution in [3.63, 3.8) is 0 Å². The zero-order valence-corrected chi connectivity index (χ0v) is 21.3. The van der Waals surface area contributed by atoms with E-state index in [1.165, 1.54) is 18.7 Å². The van der Waals surface area contributed by atoms with Crippen molar-refractivity contribution in [2.45, 2.75) is 39.5 Å². The van der Waals surface area contributed by atoms with Gasteiger partial charge < -0.3 is 20.3 Å². The number of benzene rings is 1. The van der Waals surface area contributed by atoms with Crippen molar-refractivity contribution in [1.29, 1.82) is 0 Å². The second-order valence-electron chi connectivity index (χ2n) is 7.46. The third-order valence-corrected chi connectivity index (χ3v) is 5.20. The van der Waals surface area contributed by atoms with Crippen LogP contribution in [0.2, 0.25) is 0 Å². The average Bonchev–Trinajstić information content (AvgIpc) is 2.77. The van der Waals surface area contributed by atoms with Crippen LogP contribution in [0.5, 0.6) is 0 Å². The second-order valence-corrected chi connectivity index (χ2v) is 7.46. The van der Waals surface area contributed by atoms with Crippen LogP contribution >= 0.6 is 24.0 Å². The lowest BCUT2D eigenvalue weighted by molar-refractivity contribution is 0.143. The van der Waals surface area contributed by atoms with Crippen LogP contribution in [0.15, 0.2) is 35.3 Å². The highest BCUT2D eigenvalue weighted by Gasteiger charge is 2.16. The summed E-state index contributed by atoms with van der Waals surface area (Å²) in [5, 5.41) is 6.76. The molecule has 0 amide bonds. The summed E-state index contributed by atoms with van der Waals surface area (Å²) in [5.74, 6) is 0.945. The Balaban J connectivity index is 0.00000450. The average molecular weight is 532 g/mol. The number of ether oxygens (including phenoxy) is 1. The molecule has 1 aliphatic rings. The number of rotatable bonds is 13. The van der Waals surface area contributed by atoms with Gasteiger partial charge in [0, 0.05) is 64.7 Å². The van der Waals surface area contributed by atoms with Gasteiger partial charge in [-0.2, -0.15) is 0 Å². The number of hydrogen-bond acceptors (Lipinski definition) is 4. The molecule has 0 saturated carbocycles. The summed E-state index contributed by atoms with van der Waals surface area (Å²) in [6.45, 7) is 14.3. The third-order valence-electron chi connectivity index (χ3n) is 5.20. The van der Waals surface area contributed by atoms with Gasteiger partial charge in [-0.15, -0.1) is 24.0 Å². The molecule has 6 nitrogen and oxygen atoms in total. The van der Waals surface area contributed by atoms with Crippen LogP contribution in [0.3, 0.4) is 0 Å². The molecular formula is C23H42IN5O. The van der Waals surface area contributed by atoms with Crippen LogP contribution in [0, 0.1) is 0 Å². The van der Waals surface area contributed by atoms with Crippen molar-refractivity contribution in [2.75, 3.05) is 70.5 Å². The predicted octanol–water partition coefficient (Wildman–Crippen LogP) is 3.58. The van der Waals surface area contributed by atoms with Crippen LogP contribution in [-0.4, -0.2) is 76.4 Å². The molecule has 30 heavy (non-hydrogen) atoms. The predicted molar refractivity (Wildman–Crippen MR) is 139 cm³/mol. The lowest BCUT2D eigenvalue weighted by Crippen LogP contribution is -2.46. The molecule has 172 valence electrons. The van der Waals surface area contributed by atoms with Crippen molar-refractivity contribution in [2.24, 2.45) is 4.99 Å². The Labute approximate surface area is 200 Å². The van der Waals surface area contributed by atoms with E-state index in [4.69, 9.17) is 9.73 Å². The minimum atomic E-state index is 0. The number of anilines is 1. The van der Waals surface area contributed by atoms with E-state index in [9.17, 15) is 0 Å². The monoisotopic (exact) mass is 531 g/mol. The number of nitrogens with one attached hydrogen (secondary N) is 2. The Hall–Kier alpha value is -1.06. The molecule has 7 heteroatoms. The van der Waals surface area contributed by atoms with Crippen molar-refractivity contribution in [3.05, 3.63) is 30.3 Å². The first-order valence-electron chi connectivity index (χ1n) is 11.5. The SMILES string of the molecule is CCNC(=NCCCCN1CCN(c2ccccc2)CC1)NCCCCOCC.I. The van der Waals surface area contributed by atoms with Crippen LogP contribution in [0.4, 0.5) is 5.69 Å². The van der Waals surface area contributed by atoms with Crippen molar-refractivity contribution in [1.82, 2.24) is 15.5 Å². The fourth-order valence-electron chi connectivity index (χ4n) is 3.53. The Morgan fingerprint density at radius 3 is 2.43 bits per heavy atom. The Bertz CT molecular complexity index is 550. The van der Waals surface area contributed by atoms with E-state index in [1.54, 1.807) is 0 Å². The van der Waals surface area contributed by atoms with Crippen LogP contribution in [0.1, 0.15) is 39.5 Å². The number of nitrogens with zero attached hydrogens (tertiary/aromatic N) is 3. The second kappa shape index (κ2) is 17.6. The van der Waals surface area contributed by atoms with E-state index >= 15 is 0 Å². The smallest absolute Gasteiger partial charge is 0.191 e. The molecule has 1 aliphatic heterocycles. The number of para-hydroxylation sites is 1. The Morgan fingerprint density at radius 2 is 1.73 bits per heavy atom. The fourth-order valence-corrected chi connectivity index (χ4v) is 3.53. The molecule has 2 rings (SSSR count). The molecule has 0 atom stereocenters. The van der Waals surface area contributed by atoms with Crippen molar-refractivity contribution >= 4 is 35.6 Å². The van der Waals surface area contributed by atoms with Gasteiger partial charge in [0.1, 0.15) is 0 Å². The molecule has 2 N–H and O–H groups in total. The molecule has 0 spiro atoms. The summed E-state index contributed by atoms with van der Waals surface area (Å²) in [5.41, 5.74) is 1.35. The maximum Gasteiger partial charge on any atom is 0.191 e. The van der Waals surface area contributed by atoms with E-state index in [2.05, 4.69) is 57.7 Å². The van der Waals surface area contributed by atoms with Crippen LogP contribution < -0.4 is 15.5 Å². The third kappa shape index (κ3) is 11.4. The first-order valence-corrected chi connectivity index (χ1v) is 11.5. The van der Waals surface area contributed by atoms with E-state index in [0.717, 1.165) is 84.2 Å². The van der Waals surface area contributed by atoms with Gasteiger partial charge in [0.2, 0.25) is 0 Å². The maximum absolute atomic E-state index is 5.38. The van der Waals surface area contributed by atoms with E-state index in [0.29, 0.717) is 0 Å². The van der Waals surface area contributed by atoms with Crippen LogP contribution in [-0.2, 0) is 4.74 Å². The van der Waals surface area contributed by atoms with E-state index in [1.807, 2.05) is 6.92 Å². The quantitative estimate of drug-likeness (QED) is 0.177. The van der Waals surface area contributed by atoms with Gasteiger partial charge in [0.25, 0.3) is 0 Å². The summed E-state index contributed by atoms with van der Waals surface area (Å²) in [4.78, 5) is 9.80. The topological polar surface area (TPSA) is 52.1 Å². The summed E-state index contributed by atoms with van der Waals surface area (Å²) >= 11 is 0. The molecule has 0 radical (unpaired) electrons. The number of halogens is 1. The normalized spacial score (nSPS) is 15.0. The molecule has 0 unspecified atom stereocenters. The highest BCUT2D eigenvalue weighted by atomic mass is 127. The van der Waals surface area contributed by atoms with E-state index in [-0.39, 0.29) is 24.0 Å². The van der Waals surface area contributed by atoms with Gasteiger partial charge in [0.05, 0.1) is 0 Å². The molecule has 0 aliphatic carbocycles. The zero-order chi connectivity index (χ0) is 20.6. The Morgan fingerprint density at radius 1 is 0.967 bits per heavy atom. The first kappa shape index (κ1) is 27.0. The van der Waals surface area contributed by atoms with Gasteiger partial charge in [-0.05, 0) is 58.2 Å². The van der Waals surface area contributed by atoms with Crippen LogP contribution in [0.25, 0.3) is 0 Å². The molecular weight excluding hydrogens is 489 g/mol. The van der Waals surface area contributed by atoms with Crippen molar-refractivity contribution in [3.8, 4) is 0 Å². The van der Waals surface area contributed by atoms with Crippen molar-refractivity contribution < 1.29 is 4.74 Å². The summed E-state index contributed by atoms with van der Waals surface area (Å²) in [7, 11) is 0. The standard InChI is InChI=1S/C23H41N5O.HI/c1-3-24-23(26-15-9-11-21-29-4-2)25-14-8-10-16-27-17-19-28(20-18-27)22-12-6-5-7-13-22;/h5-7,12-13H,3-4,8-11,14-21H2,1-2H3,(H2,24,25,26);1H. The van der Waals surface area contributed by atoms with Gasteiger partial charge >= 0.3 is 0 Å². The summed E-state index contributed by atoms with van der Waals surface area (Å²) in [6.07, 6.45) is 4.56. The van der Waals surface area contributed by atoms with Gasteiger partial charge in [-0.1, -0.05) is 18.2 Å². The number of aliphatic imine (C=N–C) groups is 1. The minimum Gasteiger partial charge on any atom is -0.382 e. The molecule has 1 heterocycles. The molecule has 1 aromatic carbocycles. The molecule has 0 aromatic heterocycles. The highest BCUT2D eigenvalue weighted by Crippen LogP contribution is 2.15. The Kier molecular flexibility index (Phi) is 15.8. The fraction of sp³-hybridized carbons (Fsp3) is 0.696. The number of hydrogen-bond donors (Lipinski definition) is 2. The largest absolute Gasteiger partial charge is 0.382 e. The lowest BCUT2D eigenvalue weighted by atomic mass is 10.2. The number of guanidine groups is 1. The lowest BCUT2D eigenvalue weighted by Gasteiger charge is -2.36. The van der Waals surface area contributed by atoms with E-state index < -0.39 is 0 Å². The molecule has 1 aromatic rings. The molecule has 1 saturated heterocycles. The molecule has 0 bridgehead atoms. The number of piperazine rings is 1. The minimum absolute atomic E-state index is 0. The highest BCUT2D eigenvalue weighted by molar-refractivity contribution is 14.0. The summed E-state index contributed by atoms with van der Waals surface area (Å²) < 4.78 is 5.38. The van der Waals surface area contributed by atoms with Gasteiger partial charge in [-0.25, -0.2) is 0 Å². The zero-order valence-electron chi connectivity index (χ0n) is 18.9. The molecule has 1 fully saturated rings. The van der Waals surface area contributed by atoms with Gasteiger partial charge in [0.15, 0.2) is 5.96 Å². The first-order chi connectivity index (χ1) is 14.3. The van der Waals surface area contributed by atoms with Gasteiger partial charge in [-0.3, -0.25) is 9.89 Å². The number of unbranched alkanes of at least 4 members (excludes halogenated alkanes) is 2.